The van der Waals surface area contributed by atoms with Crippen LogP contribution in [0.2, 0.25) is 0 Å². The number of rotatable bonds is 4. The summed E-state index contributed by atoms with van der Waals surface area (Å²) in [4.78, 5) is 5.82. The molecule has 1 aromatic rings. The highest BCUT2D eigenvalue weighted by molar-refractivity contribution is 4.98. The maximum atomic E-state index is 13.4. The van der Waals surface area contributed by atoms with Crippen molar-refractivity contribution in [2.45, 2.75) is 43.7 Å². The average molecular weight is 303 g/mol. The summed E-state index contributed by atoms with van der Waals surface area (Å²) in [5.74, 6) is -1.62. The number of hydrogen-bond acceptors (Lipinski definition) is 6. The van der Waals surface area contributed by atoms with Crippen LogP contribution < -0.4 is 0 Å². The molecule has 0 radical (unpaired) electrons. The number of halogens is 2. The van der Waals surface area contributed by atoms with E-state index in [1.165, 1.54) is 4.90 Å². The third-order valence-electron chi connectivity index (χ3n) is 4.09. The Morgan fingerprint density at radius 2 is 2.10 bits per heavy atom. The van der Waals surface area contributed by atoms with E-state index in [0.29, 0.717) is 24.9 Å². The minimum absolute atomic E-state index is 0.174. The Morgan fingerprint density at radius 3 is 2.81 bits per heavy atom. The second kappa shape index (κ2) is 5.94. The SMILES string of the molecule is OCC1CC(F)(F)CN1Cc1noc(C2CCOCC2)n1. The Bertz CT molecular complexity index is 477. The van der Waals surface area contributed by atoms with E-state index in [4.69, 9.17) is 9.26 Å². The molecule has 2 fully saturated rings. The molecule has 0 spiro atoms. The summed E-state index contributed by atoms with van der Waals surface area (Å²) in [5.41, 5.74) is 0. The molecule has 0 amide bonds. The van der Waals surface area contributed by atoms with Gasteiger partial charge in [-0.05, 0) is 12.8 Å². The number of aromatic nitrogens is 2. The van der Waals surface area contributed by atoms with E-state index in [9.17, 15) is 13.9 Å². The fourth-order valence-electron chi connectivity index (χ4n) is 2.95. The van der Waals surface area contributed by atoms with Crippen LogP contribution >= 0.6 is 0 Å². The zero-order chi connectivity index (χ0) is 14.9. The Morgan fingerprint density at radius 1 is 1.33 bits per heavy atom. The van der Waals surface area contributed by atoms with Gasteiger partial charge in [-0.3, -0.25) is 4.90 Å². The van der Waals surface area contributed by atoms with Crippen molar-refractivity contribution in [1.82, 2.24) is 15.0 Å². The monoisotopic (exact) mass is 303 g/mol. The lowest BCUT2D eigenvalue weighted by atomic mass is 10.0. The van der Waals surface area contributed by atoms with Crippen molar-refractivity contribution in [3.8, 4) is 0 Å². The predicted molar refractivity (Wildman–Crippen MR) is 67.9 cm³/mol. The molecule has 2 aliphatic heterocycles. The van der Waals surface area contributed by atoms with Crippen LogP contribution in [-0.4, -0.2) is 58.5 Å². The highest BCUT2D eigenvalue weighted by Gasteiger charge is 2.44. The number of hydrogen-bond donors (Lipinski definition) is 1. The summed E-state index contributed by atoms with van der Waals surface area (Å²) in [7, 11) is 0. The zero-order valence-electron chi connectivity index (χ0n) is 11.7. The summed E-state index contributed by atoms with van der Waals surface area (Å²) < 4.78 is 37.3. The molecule has 0 aliphatic carbocycles. The highest BCUT2D eigenvalue weighted by Crippen LogP contribution is 2.33. The van der Waals surface area contributed by atoms with Crippen LogP contribution in [-0.2, 0) is 11.3 Å². The van der Waals surface area contributed by atoms with Gasteiger partial charge in [0, 0.05) is 31.6 Å². The van der Waals surface area contributed by atoms with Crippen molar-refractivity contribution in [2.75, 3.05) is 26.4 Å². The molecule has 1 atom stereocenters. The number of alkyl halides is 2. The smallest absolute Gasteiger partial charge is 0.262 e. The van der Waals surface area contributed by atoms with Crippen molar-refractivity contribution >= 4 is 0 Å². The predicted octanol–water partition coefficient (Wildman–Crippen LogP) is 1.17. The summed E-state index contributed by atoms with van der Waals surface area (Å²) in [6.07, 6.45) is 1.35. The maximum absolute atomic E-state index is 13.4. The molecule has 21 heavy (non-hydrogen) atoms. The van der Waals surface area contributed by atoms with Gasteiger partial charge in [-0.1, -0.05) is 5.16 Å². The fourth-order valence-corrected chi connectivity index (χ4v) is 2.95. The maximum Gasteiger partial charge on any atom is 0.262 e. The van der Waals surface area contributed by atoms with Crippen LogP contribution in [0.3, 0.4) is 0 Å². The average Bonchev–Trinajstić information content (AvgIpc) is 3.04. The fraction of sp³-hybridized carbons (Fsp3) is 0.846. The van der Waals surface area contributed by atoms with Gasteiger partial charge >= 0.3 is 0 Å². The van der Waals surface area contributed by atoms with Crippen LogP contribution in [0.25, 0.3) is 0 Å². The van der Waals surface area contributed by atoms with Gasteiger partial charge in [0.05, 0.1) is 19.7 Å². The van der Waals surface area contributed by atoms with E-state index >= 15 is 0 Å². The Balaban J connectivity index is 1.64. The summed E-state index contributed by atoms with van der Waals surface area (Å²) in [6.45, 7) is 0.855. The van der Waals surface area contributed by atoms with Crippen LogP contribution in [0.4, 0.5) is 8.78 Å². The van der Waals surface area contributed by atoms with Gasteiger partial charge in [0.15, 0.2) is 5.82 Å². The zero-order valence-corrected chi connectivity index (χ0v) is 11.7. The molecule has 0 saturated carbocycles. The molecular weight excluding hydrogens is 284 g/mol. The van der Waals surface area contributed by atoms with E-state index in [1.807, 2.05) is 0 Å². The Kier molecular flexibility index (Phi) is 4.19. The van der Waals surface area contributed by atoms with Gasteiger partial charge in [-0.25, -0.2) is 8.78 Å². The summed E-state index contributed by atoms with van der Waals surface area (Å²) in [6, 6.07) is -0.551. The molecule has 0 aromatic carbocycles. The minimum Gasteiger partial charge on any atom is -0.395 e. The van der Waals surface area contributed by atoms with Crippen molar-refractivity contribution in [1.29, 1.82) is 0 Å². The van der Waals surface area contributed by atoms with E-state index in [0.717, 1.165) is 12.8 Å². The van der Waals surface area contributed by atoms with Crippen LogP contribution in [0.5, 0.6) is 0 Å². The summed E-state index contributed by atoms with van der Waals surface area (Å²) >= 11 is 0. The number of nitrogens with zero attached hydrogens (tertiary/aromatic N) is 3. The van der Waals surface area contributed by atoms with E-state index in [1.54, 1.807) is 0 Å². The van der Waals surface area contributed by atoms with E-state index < -0.39 is 12.0 Å². The number of aliphatic hydroxyl groups excluding tert-OH is 1. The molecular formula is C13H19F2N3O3. The largest absolute Gasteiger partial charge is 0.395 e. The first-order valence-electron chi connectivity index (χ1n) is 7.20. The van der Waals surface area contributed by atoms with Crippen LogP contribution in [0, 0.1) is 0 Å². The minimum atomic E-state index is -2.76. The number of aliphatic hydroxyl groups is 1. The topological polar surface area (TPSA) is 71.6 Å². The standard InChI is InChI=1S/C13H19F2N3O3/c14-13(15)5-10(7-19)18(8-13)6-11-16-12(21-17-11)9-1-3-20-4-2-9/h9-10,19H,1-8H2. The molecule has 1 N–H and O–H groups in total. The number of likely N-dealkylation sites (tertiary alicyclic amines) is 1. The van der Waals surface area contributed by atoms with Crippen molar-refractivity contribution in [3.63, 3.8) is 0 Å². The van der Waals surface area contributed by atoms with Gasteiger partial charge in [-0.2, -0.15) is 4.98 Å². The molecule has 2 aliphatic rings. The molecule has 6 nitrogen and oxygen atoms in total. The molecule has 2 saturated heterocycles. The molecule has 118 valence electrons. The lowest BCUT2D eigenvalue weighted by Crippen LogP contribution is -2.32. The van der Waals surface area contributed by atoms with Crippen molar-refractivity contribution in [3.05, 3.63) is 11.7 Å². The normalized spacial score (nSPS) is 27.3. The second-order valence-electron chi connectivity index (χ2n) is 5.74. The third kappa shape index (κ3) is 3.38. The highest BCUT2D eigenvalue weighted by atomic mass is 19.3. The van der Waals surface area contributed by atoms with E-state index in [-0.39, 0.29) is 32.0 Å². The van der Waals surface area contributed by atoms with Gasteiger partial charge in [0.1, 0.15) is 0 Å². The molecule has 3 heterocycles. The summed E-state index contributed by atoms with van der Waals surface area (Å²) in [5, 5.41) is 13.1. The van der Waals surface area contributed by atoms with Crippen molar-refractivity contribution in [2.24, 2.45) is 0 Å². The van der Waals surface area contributed by atoms with Crippen molar-refractivity contribution < 1.29 is 23.1 Å². The molecule has 3 rings (SSSR count). The second-order valence-corrected chi connectivity index (χ2v) is 5.74. The molecule has 8 heteroatoms. The quantitative estimate of drug-likeness (QED) is 0.900. The lowest BCUT2D eigenvalue weighted by molar-refractivity contribution is 0.0109. The first-order chi connectivity index (χ1) is 10.1. The van der Waals surface area contributed by atoms with Gasteiger partial charge < -0.3 is 14.4 Å². The third-order valence-corrected chi connectivity index (χ3v) is 4.09. The van der Waals surface area contributed by atoms with Gasteiger partial charge in [-0.15, -0.1) is 0 Å². The van der Waals surface area contributed by atoms with Gasteiger partial charge in [0.25, 0.3) is 5.92 Å². The lowest BCUT2D eigenvalue weighted by Gasteiger charge is -2.19. The first-order valence-corrected chi connectivity index (χ1v) is 7.20. The van der Waals surface area contributed by atoms with Crippen LogP contribution in [0.1, 0.15) is 36.9 Å². The first kappa shape index (κ1) is 14.8. The molecule has 1 aromatic heterocycles. The van der Waals surface area contributed by atoms with E-state index in [2.05, 4.69) is 10.1 Å². The molecule has 0 bridgehead atoms. The Labute approximate surface area is 121 Å². The van der Waals surface area contributed by atoms with Crippen LogP contribution in [0.15, 0.2) is 4.52 Å². The van der Waals surface area contributed by atoms with Gasteiger partial charge in [0.2, 0.25) is 5.89 Å². The molecule has 1 unspecified atom stereocenters. The number of ether oxygens (including phenoxy) is 1. The Hall–Kier alpha value is -1.12.